The molecule has 2 rings (SSSR count). The number of carbonyl (C=O) groups excluding carboxylic acids is 1. The fraction of sp³-hybridized carbons (Fsp3) is 0.529. The van der Waals surface area contributed by atoms with Crippen molar-refractivity contribution in [3.05, 3.63) is 35.4 Å². The Morgan fingerprint density at radius 1 is 1.18 bits per heavy atom. The van der Waals surface area contributed by atoms with E-state index in [4.69, 9.17) is 5.11 Å². The molecule has 0 aliphatic carbocycles. The van der Waals surface area contributed by atoms with Crippen molar-refractivity contribution in [1.82, 2.24) is 4.90 Å². The minimum Gasteiger partial charge on any atom is -0.479 e. The number of carboxylic acid groups (broad SMARTS) is 1. The van der Waals surface area contributed by atoms with Crippen LogP contribution in [0.1, 0.15) is 37.8 Å². The SMILES string of the molecule is Cc1ccccc1C(C)(C)C(=O)N1CCC(O)(C(=O)O)CC1. The average molecular weight is 305 g/mol. The van der Waals surface area contributed by atoms with Crippen LogP contribution in [0.3, 0.4) is 0 Å². The normalized spacial score (nSPS) is 18.1. The second-order valence-corrected chi connectivity index (χ2v) is 6.57. The molecule has 0 atom stereocenters. The van der Waals surface area contributed by atoms with Crippen LogP contribution in [0.2, 0.25) is 0 Å². The molecule has 0 radical (unpaired) electrons. The third-order valence-electron chi connectivity index (χ3n) is 4.63. The Labute approximate surface area is 130 Å². The highest BCUT2D eigenvalue weighted by molar-refractivity contribution is 5.88. The van der Waals surface area contributed by atoms with Gasteiger partial charge in [-0.1, -0.05) is 24.3 Å². The van der Waals surface area contributed by atoms with Gasteiger partial charge in [0.2, 0.25) is 5.91 Å². The van der Waals surface area contributed by atoms with Gasteiger partial charge in [0, 0.05) is 25.9 Å². The summed E-state index contributed by atoms with van der Waals surface area (Å²) in [7, 11) is 0. The lowest BCUT2D eigenvalue weighted by atomic mass is 9.80. The molecule has 0 spiro atoms. The van der Waals surface area contributed by atoms with E-state index in [1.807, 2.05) is 45.0 Å². The molecule has 1 aliphatic rings. The number of aliphatic carboxylic acids is 1. The minimum absolute atomic E-state index is 0.0331. The standard InChI is InChI=1S/C17H23NO4/c1-12-6-4-5-7-13(12)16(2,3)14(19)18-10-8-17(22,9-11-18)15(20)21/h4-7,22H,8-11H2,1-3H3,(H,20,21). The Bertz CT molecular complexity index is 586. The van der Waals surface area contributed by atoms with Gasteiger partial charge < -0.3 is 15.1 Å². The molecule has 0 bridgehead atoms. The van der Waals surface area contributed by atoms with Crippen molar-refractivity contribution < 1.29 is 19.8 Å². The van der Waals surface area contributed by atoms with Crippen molar-refractivity contribution in [1.29, 1.82) is 0 Å². The summed E-state index contributed by atoms with van der Waals surface area (Å²) < 4.78 is 0. The Morgan fingerprint density at radius 3 is 2.23 bits per heavy atom. The van der Waals surface area contributed by atoms with Gasteiger partial charge in [0.05, 0.1) is 5.41 Å². The first-order chi connectivity index (χ1) is 10.2. The monoisotopic (exact) mass is 305 g/mol. The summed E-state index contributed by atoms with van der Waals surface area (Å²) >= 11 is 0. The van der Waals surface area contributed by atoms with Crippen LogP contribution in [0.15, 0.2) is 24.3 Å². The van der Waals surface area contributed by atoms with E-state index in [2.05, 4.69) is 0 Å². The Balaban J connectivity index is 2.16. The van der Waals surface area contributed by atoms with Crippen LogP contribution in [0.25, 0.3) is 0 Å². The second-order valence-electron chi connectivity index (χ2n) is 6.57. The predicted octanol–water partition coefficient (Wildman–Crippen LogP) is 1.71. The van der Waals surface area contributed by atoms with Crippen molar-refractivity contribution in [2.45, 2.75) is 44.6 Å². The second kappa shape index (κ2) is 5.72. The summed E-state index contributed by atoms with van der Waals surface area (Å²) in [6, 6.07) is 7.78. The fourth-order valence-electron chi connectivity index (χ4n) is 3.08. The Hall–Kier alpha value is -1.88. The minimum atomic E-state index is -1.70. The van der Waals surface area contributed by atoms with E-state index in [1.165, 1.54) is 0 Å². The molecule has 120 valence electrons. The number of piperidine rings is 1. The number of likely N-dealkylation sites (tertiary alicyclic amines) is 1. The summed E-state index contributed by atoms with van der Waals surface area (Å²) in [6.45, 7) is 6.27. The number of nitrogens with zero attached hydrogens (tertiary/aromatic N) is 1. The molecule has 5 nitrogen and oxygen atoms in total. The maximum atomic E-state index is 12.9. The number of carboxylic acids is 1. The maximum absolute atomic E-state index is 12.9. The molecule has 2 N–H and O–H groups in total. The molecule has 5 heteroatoms. The van der Waals surface area contributed by atoms with Gasteiger partial charge in [0.1, 0.15) is 0 Å². The maximum Gasteiger partial charge on any atom is 0.335 e. The highest BCUT2D eigenvalue weighted by Gasteiger charge is 2.43. The predicted molar refractivity (Wildman–Crippen MR) is 82.6 cm³/mol. The number of amides is 1. The molecular formula is C17H23NO4. The van der Waals surface area contributed by atoms with Crippen molar-refractivity contribution in [3.8, 4) is 0 Å². The van der Waals surface area contributed by atoms with Crippen LogP contribution < -0.4 is 0 Å². The van der Waals surface area contributed by atoms with Gasteiger partial charge in [-0.2, -0.15) is 0 Å². The highest BCUT2D eigenvalue weighted by atomic mass is 16.4. The summed E-state index contributed by atoms with van der Waals surface area (Å²) in [5.74, 6) is -1.24. The van der Waals surface area contributed by atoms with Gasteiger partial charge >= 0.3 is 5.97 Å². The molecule has 1 amide bonds. The third kappa shape index (κ3) is 2.86. The Kier molecular flexibility index (Phi) is 4.29. The molecule has 22 heavy (non-hydrogen) atoms. The quantitative estimate of drug-likeness (QED) is 0.891. The van der Waals surface area contributed by atoms with E-state index in [-0.39, 0.29) is 31.8 Å². The molecule has 1 saturated heterocycles. The van der Waals surface area contributed by atoms with E-state index in [9.17, 15) is 14.7 Å². The highest BCUT2D eigenvalue weighted by Crippen LogP contribution is 2.31. The largest absolute Gasteiger partial charge is 0.479 e. The summed E-state index contributed by atoms with van der Waals surface area (Å²) in [5, 5.41) is 19.0. The first-order valence-electron chi connectivity index (χ1n) is 7.50. The number of hydrogen-bond acceptors (Lipinski definition) is 3. The molecule has 1 aromatic carbocycles. The molecule has 0 aromatic heterocycles. The number of carbonyl (C=O) groups is 2. The first-order valence-corrected chi connectivity index (χ1v) is 7.50. The van der Waals surface area contributed by atoms with E-state index < -0.39 is 17.0 Å². The smallest absolute Gasteiger partial charge is 0.335 e. The zero-order chi connectivity index (χ0) is 16.5. The van der Waals surface area contributed by atoms with Crippen LogP contribution in [0.5, 0.6) is 0 Å². The molecule has 1 fully saturated rings. The van der Waals surface area contributed by atoms with Crippen LogP contribution in [-0.4, -0.2) is 45.7 Å². The van der Waals surface area contributed by atoms with E-state index in [0.29, 0.717) is 0 Å². The summed E-state index contributed by atoms with van der Waals surface area (Å²) in [5.41, 5.74) is -0.355. The molecule has 1 aromatic rings. The van der Waals surface area contributed by atoms with Gasteiger partial charge in [-0.25, -0.2) is 4.79 Å². The van der Waals surface area contributed by atoms with Crippen LogP contribution in [0, 0.1) is 6.92 Å². The summed E-state index contributed by atoms with van der Waals surface area (Å²) in [4.78, 5) is 25.6. The number of benzene rings is 1. The van der Waals surface area contributed by atoms with E-state index >= 15 is 0 Å². The molecule has 1 aliphatic heterocycles. The molecule has 1 heterocycles. The Morgan fingerprint density at radius 2 is 1.73 bits per heavy atom. The number of aliphatic hydroxyl groups is 1. The van der Waals surface area contributed by atoms with E-state index in [1.54, 1.807) is 4.90 Å². The summed E-state index contributed by atoms with van der Waals surface area (Å²) in [6.07, 6.45) is 0.135. The number of hydrogen-bond donors (Lipinski definition) is 2. The third-order valence-corrected chi connectivity index (χ3v) is 4.63. The van der Waals surface area contributed by atoms with Gasteiger partial charge in [-0.15, -0.1) is 0 Å². The molecule has 0 unspecified atom stereocenters. The fourth-order valence-corrected chi connectivity index (χ4v) is 3.08. The lowest BCUT2D eigenvalue weighted by molar-refractivity contribution is -0.166. The van der Waals surface area contributed by atoms with Crippen molar-refractivity contribution >= 4 is 11.9 Å². The topological polar surface area (TPSA) is 77.8 Å². The number of aryl methyl sites for hydroxylation is 1. The van der Waals surface area contributed by atoms with Crippen LogP contribution in [0.4, 0.5) is 0 Å². The van der Waals surface area contributed by atoms with Gasteiger partial charge in [0.15, 0.2) is 5.60 Å². The number of rotatable bonds is 3. The van der Waals surface area contributed by atoms with Crippen LogP contribution in [-0.2, 0) is 15.0 Å². The lowest BCUT2D eigenvalue weighted by Crippen LogP contribution is -2.54. The van der Waals surface area contributed by atoms with Crippen molar-refractivity contribution in [3.63, 3.8) is 0 Å². The lowest BCUT2D eigenvalue weighted by Gasteiger charge is -2.39. The zero-order valence-corrected chi connectivity index (χ0v) is 13.3. The van der Waals surface area contributed by atoms with Crippen molar-refractivity contribution in [2.24, 2.45) is 0 Å². The zero-order valence-electron chi connectivity index (χ0n) is 13.3. The first kappa shape index (κ1) is 16.5. The van der Waals surface area contributed by atoms with Gasteiger partial charge in [-0.05, 0) is 31.9 Å². The van der Waals surface area contributed by atoms with Gasteiger partial charge in [0.25, 0.3) is 0 Å². The van der Waals surface area contributed by atoms with Gasteiger partial charge in [-0.3, -0.25) is 4.79 Å². The molecule has 0 saturated carbocycles. The average Bonchev–Trinajstić information content (AvgIpc) is 2.47. The van der Waals surface area contributed by atoms with Crippen molar-refractivity contribution in [2.75, 3.05) is 13.1 Å². The van der Waals surface area contributed by atoms with E-state index in [0.717, 1.165) is 11.1 Å². The van der Waals surface area contributed by atoms with Crippen LogP contribution >= 0.6 is 0 Å². The molecular weight excluding hydrogens is 282 g/mol.